The second-order valence-electron chi connectivity index (χ2n) is 9.79. The molecule has 0 fully saturated rings. The molecule has 1 aliphatic heterocycles. The van der Waals surface area contributed by atoms with Crippen LogP contribution >= 0.6 is 0 Å². The number of hydrogen-bond donors (Lipinski definition) is 0. The molecular weight excluding hydrogens is 480 g/mol. The van der Waals surface area contributed by atoms with Gasteiger partial charge in [0.25, 0.3) is 5.91 Å². The number of ether oxygens (including phenoxy) is 2. The summed E-state index contributed by atoms with van der Waals surface area (Å²) in [7, 11) is 3.90. The largest absolute Gasteiger partial charge is 0.490 e. The Bertz CT molecular complexity index is 1520. The Morgan fingerprint density at radius 1 is 0.947 bits per heavy atom. The van der Waals surface area contributed by atoms with Crippen molar-refractivity contribution in [1.29, 1.82) is 0 Å². The van der Waals surface area contributed by atoms with E-state index in [1.807, 2.05) is 63.2 Å². The first-order valence-corrected chi connectivity index (χ1v) is 12.8. The Morgan fingerprint density at radius 3 is 2.45 bits per heavy atom. The van der Waals surface area contributed by atoms with E-state index >= 15 is 0 Å². The molecule has 5 rings (SSSR count). The predicted molar refractivity (Wildman–Crippen MR) is 147 cm³/mol. The maximum absolute atomic E-state index is 13.7. The van der Waals surface area contributed by atoms with Gasteiger partial charge in [-0.25, -0.2) is 0 Å². The summed E-state index contributed by atoms with van der Waals surface area (Å²) in [6.45, 7) is 5.88. The molecule has 1 unspecified atom stereocenters. The average molecular weight is 513 g/mol. The maximum Gasteiger partial charge on any atom is 0.290 e. The molecule has 1 amide bonds. The molecule has 4 aromatic rings. The van der Waals surface area contributed by atoms with Gasteiger partial charge in [-0.3, -0.25) is 9.59 Å². The van der Waals surface area contributed by atoms with Gasteiger partial charge in [0.15, 0.2) is 16.9 Å². The van der Waals surface area contributed by atoms with Crippen LogP contribution in [0.2, 0.25) is 0 Å². The lowest BCUT2D eigenvalue weighted by molar-refractivity contribution is 0.0716. The minimum absolute atomic E-state index is 0.107. The lowest BCUT2D eigenvalue weighted by Crippen LogP contribution is -2.35. The fraction of sp³-hybridized carbons (Fsp3) is 0.290. The zero-order chi connectivity index (χ0) is 26.8. The zero-order valence-electron chi connectivity index (χ0n) is 22.2. The first-order valence-electron chi connectivity index (χ1n) is 12.8. The fourth-order valence-electron chi connectivity index (χ4n) is 4.78. The van der Waals surface area contributed by atoms with Crippen molar-refractivity contribution >= 4 is 16.9 Å². The molecule has 0 saturated carbocycles. The summed E-state index contributed by atoms with van der Waals surface area (Å²) in [6.07, 6.45) is 0. The normalized spacial score (nSPS) is 14.8. The third kappa shape index (κ3) is 4.89. The quantitative estimate of drug-likeness (QED) is 0.308. The molecule has 3 aromatic carbocycles. The number of amides is 1. The molecule has 7 heteroatoms. The third-order valence-corrected chi connectivity index (χ3v) is 6.76. The van der Waals surface area contributed by atoms with Gasteiger partial charge in [0.05, 0.1) is 23.6 Å². The highest BCUT2D eigenvalue weighted by Gasteiger charge is 2.42. The zero-order valence-corrected chi connectivity index (χ0v) is 22.2. The smallest absolute Gasteiger partial charge is 0.290 e. The van der Waals surface area contributed by atoms with E-state index in [2.05, 4.69) is 12.1 Å². The summed E-state index contributed by atoms with van der Waals surface area (Å²) in [5.41, 5.74) is 3.60. The standard InChI is InChI=1S/C31H32N2O5/c1-5-36-26-18-22(14-15-25(26)37-19-21-12-10-20(2)11-13-21)28-27-29(34)23-8-6-7-9-24(23)38-30(27)31(35)33(28)17-16-32(3)4/h6-15,18,28H,5,16-17,19H2,1-4H3. The van der Waals surface area contributed by atoms with Crippen LogP contribution in [0, 0.1) is 6.92 Å². The number of carbonyl (C=O) groups is 1. The van der Waals surface area contributed by atoms with Gasteiger partial charge in [-0.1, -0.05) is 48.0 Å². The molecule has 1 atom stereocenters. The molecule has 0 spiro atoms. The highest BCUT2D eigenvalue weighted by molar-refractivity contribution is 5.99. The van der Waals surface area contributed by atoms with Gasteiger partial charge in [-0.05, 0) is 63.3 Å². The Hall–Kier alpha value is -4.10. The number of likely N-dealkylation sites (N-methyl/N-ethyl adjacent to an activating group) is 1. The van der Waals surface area contributed by atoms with E-state index in [0.29, 0.717) is 54.3 Å². The number of aryl methyl sites for hydroxylation is 1. The molecule has 0 radical (unpaired) electrons. The highest BCUT2D eigenvalue weighted by Crippen LogP contribution is 2.41. The molecule has 38 heavy (non-hydrogen) atoms. The van der Waals surface area contributed by atoms with Crippen LogP contribution in [0.1, 0.15) is 45.8 Å². The lowest BCUT2D eigenvalue weighted by Gasteiger charge is -2.27. The molecule has 7 nitrogen and oxygen atoms in total. The van der Waals surface area contributed by atoms with Gasteiger partial charge in [0.2, 0.25) is 5.76 Å². The summed E-state index contributed by atoms with van der Waals surface area (Å²) < 4.78 is 18.1. The monoisotopic (exact) mass is 512 g/mol. The van der Waals surface area contributed by atoms with E-state index in [0.717, 1.165) is 11.1 Å². The maximum atomic E-state index is 13.7. The van der Waals surface area contributed by atoms with E-state index in [1.165, 1.54) is 5.56 Å². The van der Waals surface area contributed by atoms with E-state index in [4.69, 9.17) is 13.9 Å². The van der Waals surface area contributed by atoms with Gasteiger partial charge >= 0.3 is 0 Å². The fourth-order valence-corrected chi connectivity index (χ4v) is 4.78. The van der Waals surface area contributed by atoms with Gasteiger partial charge in [-0.2, -0.15) is 0 Å². The van der Waals surface area contributed by atoms with Crippen LogP contribution in [0.4, 0.5) is 0 Å². The Labute approximate surface area is 222 Å². The predicted octanol–water partition coefficient (Wildman–Crippen LogP) is 5.19. The topological polar surface area (TPSA) is 72.2 Å². The molecular formula is C31H32N2O5. The van der Waals surface area contributed by atoms with Crippen molar-refractivity contribution in [3.05, 3.63) is 105 Å². The summed E-state index contributed by atoms with van der Waals surface area (Å²) in [5.74, 6) is 0.990. The minimum atomic E-state index is -0.594. The Kier molecular flexibility index (Phi) is 7.20. The molecule has 0 saturated heterocycles. The minimum Gasteiger partial charge on any atom is -0.490 e. The summed E-state index contributed by atoms with van der Waals surface area (Å²) in [6, 6.07) is 20.3. The number of rotatable bonds is 9. The number of nitrogens with zero attached hydrogens (tertiary/aromatic N) is 2. The Morgan fingerprint density at radius 2 is 1.71 bits per heavy atom. The summed E-state index contributed by atoms with van der Waals surface area (Å²) >= 11 is 0. The SMILES string of the molecule is CCOc1cc(C2c3c(oc4ccccc4c3=O)C(=O)N2CCN(C)C)ccc1OCc1ccc(C)cc1. The molecule has 0 N–H and O–H groups in total. The highest BCUT2D eigenvalue weighted by atomic mass is 16.5. The van der Waals surface area contributed by atoms with Gasteiger partial charge < -0.3 is 23.7 Å². The van der Waals surface area contributed by atoms with Crippen LogP contribution in [0.15, 0.2) is 75.9 Å². The number of carbonyl (C=O) groups excluding carboxylic acids is 1. The molecule has 2 heterocycles. The summed E-state index contributed by atoms with van der Waals surface area (Å²) in [4.78, 5) is 31.0. The third-order valence-electron chi connectivity index (χ3n) is 6.76. The van der Waals surface area contributed by atoms with Crippen LogP contribution in [0.25, 0.3) is 11.0 Å². The first-order chi connectivity index (χ1) is 18.4. The lowest BCUT2D eigenvalue weighted by atomic mass is 9.98. The van der Waals surface area contributed by atoms with Gasteiger partial charge in [-0.15, -0.1) is 0 Å². The van der Waals surface area contributed by atoms with Crippen molar-refractivity contribution in [1.82, 2.24) is 9.80 Å². The molecule has 0 bridgehead atoms. The van der Waals surface area contributed by atoms with Crippen molar-refractivity contribution in [3.63, 3.8) is 0 Å². The number of benzene rings is 3. The van der Waals surface area contributed by atoms with Crippen LogP contribution in [0.5, 0.6) is 11.5 Å². The van der Waals surface area contributed by atoms with Crippen LogP contribution < -0.4 is 14.9 Å². The van der Waals surface area contributed by atoms with Crippen LogP contribution in [-0.4, -0.2) is 49.5 Å². The van der Waals surface area contributed by atoms with Crippen molar-refractivity contribution < 1.29 is 18.7 Å². The van der Waals surface area contributed by atoms with Gasteiger partial charge in [0.1, 0.15) is 12.2 Å². The van der Waals surface area contributed by atoms with Crippen molar-refractivity contribution in [3.8, 4) is 11.5 Å². The van der Waals surface area contributed by atoms with Crippen LogP contribution in [-0.2, 0) is 6.61 Å². The second-order valence-corrected chi connectivity index (χ2v) is 9.79. The molecule has 1 aliphatic rings. The number of para-hydroxylation sites is 1. The van der Waals surface area contributed by atoms with Gasteiger partial charge in [0, 0.05) is 13.1 Å². The number of fused-ring (bicyclic) bond motifs is 2. The molecule has 0 aliphatic carbocycles. The van der Waals surface area contributed by atoms with Crippen molar-refractivity contribution in [2.75, 3.05) is 33.8 Å². The van der Waals surface area contributed by atoms with E-state index in [-0.39, 0.29) is 17.1 Å². The molecule has 196 valence electrons. The van der Waals surface area contributed by atoms with E-state index in [1.54, 1.807) is 29.2 Å². The van der Waals surface area contributed by atoms with E-state index < -0.39 is 6.04 Å². The summed E-state index contributed by atoms with van der Waals surface area (Å²) in [5, 5.41) is 0.460. The average Bonchev–Trinajstić information content (AvgIpc) is 3.19. The van der Waals surface area contributed by atoms with E-state index in [9.17, 15) is 9.59 Å². The molecule has 1 aromatic heterocycles. The Balaban J connectivity index is 1.56. The van der Waals surface area contributed by atoms with Crippen molar-refractivity contribution in [2.45, 2.75) is 26.5 Å². The van der Waals surface area contributed by atoms with Crippen LogP contribution in [0.3, 0.4) is 0 Å². The first kappa shape index (κ1) is 25.5. The number of hydrogen-bond acceptors (Lipinski definition) is 6. The van der Waals surface area contributed by atoms with Crippen molar-refractivity contribution in [2.24, 2.45) is 0 Å². The second kappa shape index (κ2) is 10.7.